The molecule has 2 heterocycles. The van der Waals surface area contributed by atoms with E-state index in [2.05, 4.69) is 14.9 Å². The summed E-state index contributed by atoms with van der Waals surface area (Å²) in [6.07, 6.45) is 3.70. The molecule has 0 bridgehead atoms. The largest absolute Gasteiger partial charge is 0.340 e. The molecule has 3 rings (SSSR count). The summed E-state index contributed by atoms with van der Waals surface area (Å²) in [5.74, 6) is -2.62. The lowest BCUT2D eigenvalue weighted by Gasteiger charge is -2.16. The second kappa shape index (κ2) is 7.46. The number of aromatic nitrogens is 3. The first-order valence-electron chi connectivity index (χ1n) is 7.96. The van der Waals surface area contributed by atoms with E-state index >= 15 is 0 Å². The van der Waals surface area contributed by atoms with Crippen LogP contribution in [0.3, 0.4) is 0 Å². The van der Waals surface area contributed by atoms with E-state index in [-0.39, 0.29) is 24.9 Å². The molecule has 0 saturated carbocycles. The number of benzene rings is 1. The van der Waals surface area contributed by atoms with Gasteiger partial charge in [-0.1, -0.05) is 6.07 Å². The van der Waals surface area contributed by atoms with Gasteiger partial charge >= 0.3 is 0 Å². The highest BCUT2D eigenvalue weighted by Gasteiger charge is 2.29. The number of nitrogens with one attached hydrogen (secondary N) is 1. The summed E-state index contributed by atoms with van der Waals surface area (Å²) in [5.41, 5.74) is 0. The molecule has 1 amide bonds. The van der Waals surface area contributed by atoms with E-state index < -0.39 is 26.6 Å². The van der Waals surface area contributed by atoms with Gasteiger partial charge in [0.15, 0.2) is 4.90 Å². The van der Waals surface area contributed by atoms with Crippen LogP contribution in [0.1, 0.15) is 18.9 Å². The van der Waals surface area contributed by atoms with Crippen LogP contribution in [0.25, 0.3) is 0 Å². The van der Waals surface area contributed by atoms with Crippen LogP contribution in [-0.2, 0) is 14.8 Å². The predicted molar refractivity (Wildman–Crippen MR) is 86.4 cm³/mol. The summed E-state index contributed by atoms with van der Waals surface area (Å²) in [7, 11) is -4.38. The summed E-state index contributed by atoms with van der Waals surface area (Å²) in [6, 6.07) is 2.77. The predicted octanol–water partition coefficient (Wildman–Crippen LogP) is 0.698. The van der Waals surface area contributed by atoms with Crippen LogP contribution in [0.4, 0.5) is 8.78 Å². The minimum absolute atomic E-state index is 0.0156. The SMILES string of the molecule is O=C(CCNS(=O)(=O)c1c(F)cccc1F)N1CCC(n2nccn2)C1. The summed E-state index contributed by atoms with van der Waals surface area (Å²) < 4.78 is 53.4. The lowest BCUT2D eigenvalue weighted by Crippen LogP contribution is -2.34. The number of hydrogen-bond donors (Lipinski definition) is 1. The summed E-state index contributed by atoms with van der Waals surface area (Å²) in [5, 5.41) is 8.08. The van der Waals surface area contributed by atoms with Crippen molar-refractivity contribution in [1.82, 2.24) is 24.6 Å². The number of sulfonamides is 1. The second-order valence-corrected chi connectivity index (χ2v) is 7.53. The fourth-order valence-corrected chi connectivity index (χ4v) is 4.00. The Kier molecular flexibility index (Phi) is 5.28. The number of nitrogens with zero attached hydrogens (tertiary/aromatic N) is 4. The zero-order chi connectivity index (χ0) is 18.7. The van der Waals surface area contributed by atoms with E-state index in [1.807, 2.05) is 0 Å². The van der Waals surface area contributed by atoms with Gasteiger partial charge in [-0.25, -0.2) is 21.9 Å². The van der Waals surface area contributed by atoms with Crippen molar-refractivity contribution < 1.29 is 22.0 Å². The topological polar surface area (TPSA) is 97.2 Å². The Morgan fingerprint density at radius 1 is 1.23 bits per heavy atom. The van der Waals surface area contributed by atoms with Crippen LogP contribution in [0.15, 0.2) is 35.5 Å². The van der Waals surface area contributed by atoms with Crippen molar-refractivity contribution in [2.75, 3.05) is 19.6 Å². The molecule has 1 aliphatic rings. The average molecular weight is 385 g/mol. The van der Waals surface area contributed by atoms with Gasteiger partial charge in [-0.3, -0.25) is 4.79 Å². The second-order valence-electron chi connectivity index (χ2n) is 5.83. The molecule has 0 radical (unpaired) electrons. The number of halogens is 2. The Hall–Kier alpha value is -2.40. The number of hydrogen-bond acceptors (Lipinski definition) is 5. The maximum atomic E-state index is 13.6. The Morgan fingerprint density at radius 3 is 2.54 bits per heavy atom. The van der Waals surface area contributed by atoms with Gasteiger partial charge in [-0.05, 0) is 18.6 Å². The monoisotopic (exact) mass is 385 g/mol. The fraction of sp³-hybridized carbons (Fsp3) is 0.400. The lowest BCUT2D eigenvalue weighted by atomic mass is 10.3. The van der Waals surface area contributed by atoms with E-state index in [4.69, 9.17) is 0 Å². The first-order chi connectivity index (χ1) is 12.4. The molecule has 2 aromatic rings. The van der Waals surface area contributed by atoms with Crippen LogP contribution >= 0.6 is 0 Å². The molecule has 11 heteroatoms. The quantitative estimate of drug-likeness (QED) is 0.790. The zero-order valence-corrected chi connectivity index (χ0v) is 14.5. The molecule has 1 saturated heterocycles. The molecular weight excluding hydrogens is 368 g/mol. The van der Waals surface area contributed by atoms with Crippen molar-refractivity contribution >= 4 is 15.9 Å². The van der Waals surface area contributed by atoms with Gasteiger partial charge in [0.25, 0.3) is 0 Å². The minimum Gasteiger partial charge on any atom is -0.340 e. The van der Waals surface area contributed by atoms with Crippen molar-refractivity contribution in [3.63, 3.8) is 0 Å². The highest BCUT2D eigenvalue weighted by Crippen LogP contribution is 2.21. The lowest BCUT2D eigenvalue weighted by molar-refractivity contribution is -0.130. The van der Waals surface area contributed by atoms with Gasteiger partial charge in [0.1, 0.15) is 11.6 Å². The van der Waals surface area contributed by atoms with Gasteiger partial charge < -0.3 is 4.90 Å². The van der Waals surface area contributed by atoms with Crippen LogP contribution < -0.4 is 4.72 Å². The Bertz CT molecular complexity index is 868. The molecule has 1 unspecified atom stereocenters. The summed E-state index contributed by atoms with van der Waals surface area (Å²) in [4.78, 5) is 14.3. The fourth-order valence-electron chi connectivity index (χ4n) is 2.83. The van der Waals surface area contributed by atoms with Gasteiger partial charge in [-0.15, -0.1) is 0 Å². The van der Waals surface area contributed by atoms with Gasteiger partial charge in [0.05, 0.1) is 18.4 Å². The van der Waals surface area contributed by atoms with Crippen molar-refractivity contribution in [2.24, 2.45) is 0 Å². The van der Waals surface area contributed by atoms with Gasteiger partial charge in [0, 0.05) is 26.1 Å². The maximum Gasteiger partial charge on any atom is 0.246 e. The van der Waals surface area contributed by atoms with Crippen LogP contribution in [0.2, 0.25) is 0 Å². The van der Waals surface area contributed by atoms with Crippen molar-refractivity contribution in [1.29, 1.82) is 0 Å². The third-order valence-electron chi connectivity index (χ3n) is 4.10. The number of likely N-dealkylation sites (tertiary alicyclic amines) is 1. The third kappa shape index (κ3) is 3.88. The molecule has 26 heavy (non-hydrogen) atoms. The minimum atomic E-state index is -4.38. The first-order valence-corrected chi connectivity index (χ1v) is 9.44. The van der Waals surface area contributed by atoms with Crippen molar-refractivity contribution in [2.45, 2.75) is 23.8 Å². The molecule has 0 spiro atoms. The first kappa shape index (κ1) is 18.4. The summed E-state index contributed by atoms with van der Waals surface area (Å²) >= 11 is 0. The Morgan fingerprint density at radius 2 is 1.88 bits per heavy atom. The number of amides is 1. The Labute approximate surface area is 148 Å². The van der Waals surface area contributed by atoms with Crippen molar-refractivity contribution in [3.8, 4) is 0 Å². The van der Waals surface area contributed by atoms with Gasteiger partial charge in [0.2, 0.25) is 15.9 Å². The maximum absolute atomic E-state index is 13.6. The third-order valence-corrected chi connectivity index (χ3v) is 5.61. The number of rotatable bonds is 6. The highest BCUT2D eigenvalue weighted by atomic mass is 32.2. The molecule has 1 aromatic heterocycles. The number of carbonyl (C=O) groups excluding carboxylic acids is 1. The molecule has 0 aliphatic carbocycles. The standard InChI is InChI=1S/C15H17F2N5O3S/c16-12-2-1-3-13(17)15(12)26(24,25)20-6-4-14(23)21-9-5-11(10-21)22-18-7-8-19-22/h1-3,7-8,11,20H,4-6,9-10H2. The number of carbonyl (C=O) groups is 1. The molecule has 140 valence electrons. The smallest absolute Gasteiger partial charge is 0.246 e. The molecule has 1 aromatic carbocycles. The normalized spacial score (nSPS) is 17.6. The van der Waals surface area contributed by atoms with Gasteiger partial charge in [-0.2, -0.15) is 15.0 Å². The Balaban J connectivity index is 1.54. The molecule has 8 nitrogen and oxygen atoms in total. The molecule has 1 N–H and O–H groups in total. The van der Waals surface area contributed by atoms with Crippen LogP contribution in [-0.4, -0.2) is 53.9 Å². The molecule has 1 aliphatic heterocycles. The van der Waals surface area contributed by atoms with E-state index in [1.165, 1.54) is 4.80 Å². The van der Waals surface area contributed by atoms with Crippen LogP contribution in [0, 0.1) is 11.6 Å². The average Bonchev–Trinajstić information content (AvgIpc) is 3.25. The van der Waals surface area contributed by atoms with E-state index in [0.717, 1.165) is 18.2 Å². The van der Waals surface area contributed by atoms with E-state index in [0.29, 0.717) is 19.5 Å². The molecular formula is C15H17F2N5O3S. The molecule has 1 atom stereocenters. The van der Waals surface area contributed by atoms with Crippen molar-refractivity contribution in [3.05, 3.63) is 42.2 Å². The zero-order valence-electron chi connectivity index (χ0n) is 13.7. The van der Waals surface area contributed by atoms with E-state index in [9.17, 15) is 22.0 Å². The molecule has 1 fully saturated rings. The van der Waals surface area contributed by atoms with Crippen LogP contribution in [0.5, 0.6) is 0 Å². The van der Waals surface area contributed by atoms with E-state index in [1.54, 1.807) is 17.3 Å². The summed E-state index contributed by atoms with van der Waals surface area (Å²) in [6.45, 7) is 0.693. The highest BCUT2D eigenvalue weighted by molar-refractivity contribution is 7.89.